The minimum Gasteiger partial charge on any atom is -0.345 e. The predicted octanol–water partition coefficient (Wildman–Crippen LogP) is 1.30. The molecule has 4 nitrogen and oxygen atoms in total. The van der Waals surface area contributed by atoms with Crippen LogP contribution in [0.2, 0.25) is 0 Å². The molecule has 19 heavy (non-hydrogen) atoms. The summed E-state index contributed by atoms with van der Waals surface area (Å²) in [6.45, 7) is 5.59. The molecular weight excluding hydrogens is 238 g/mol. The monoisotopic (exact) mass is 267 g/mol. The van der Waals surface area contributed by atoms with Gasteiger partial charge in [0.25, 0.3) is 0 Å². The third kappa shape index (κ3) is 3.48. The fourth-order valence-electron chi connectivity index (χ4n) is 3.68. The highest BCUT2D eigenvalue weighted by molar-refractivity contribution is 5.78. The number of hydrogen-bond donors (Lipinski definition) is 1. The Kier molecular flexibility index (Phi) is 5.22. The lowest BCUT2D eigenvalue weighted by Gasteiger charge is -2.41. The Morgan fingerprint density at radius 1 is 1.32 bits per heavy atom. The van der Waals surface area contributed by atoms with Crippen LogP contribution in [0.1, 0.15) is 39.0 Å². The van der Waals surface area contributed by atoms with E-state index in [1.54, 1.807) is 0 Å². The Labute approximate surface area is 117 Å². The number of carbonyl (C=O) groups is 1. The molecule has 1 aliphatic heterocycles. The summed E-state index contributed by atoms with van der Waals surface area (Å²) in [7, 11) is 1.92. The lowest BCUT2D eigenvalue weighted by molar-refractivity contribution is -0.130. The average molecular weight is 267 g/mol. The van der Waals surface area contributed by atoms with Crippen molar-refractivity contribution in [3.63, 3.8) is 0 Å². The lowest BCUT2D eigenvalue weighted by atomic mass is 9.76. The van der Waals surface area contributed by atoms with E-state index in [2.05, 4.69) is 11.8 Å². The molecule has 1 amide bonds. The van der Waals surface area contributed by atoms with Crippen molar-refractivity contribution in [1.82, 2.24) is 9.80 Å². The van der Waals surface area contributed by atoms with Gasteiger partial charge in [-0.25, -0.2) is 0 Å². The quantitative estimate of drug-likeness (QED) is 0.838. The number of rotatable bonds is 3. The van der Waals surface area contributed by atoms with Gasteiger partial charge in [0.1, 0.15) is 0 Å². The Morgan fingerprint density at radius 2 is 2.11 bits per heavy atom. The molecule has 0 spiro atoms. The topological polar surface area (TPSA) is 49.6 Å². The van der Waals surface area contributed by atoms with Gasteiger partial charge in [0.05, 0.1) is 6.54 Å². The van der Waals surface area contributed by atoms with Crippen LogP contribution in [-0.2, 0) is 4.79 Å². The zero-order valence-electron chi connectivity index (χ0n) is 12.5. The maximum Gasteiger partial charge on any atom is 0.236 e. The third-order valence-corrected chi connectivity index (χ3v) is 5.12. The summed E-state index contributed by atoms with van der Waals surface area (Å²) in [5.74, 6) is 1.68. The van der Waals surface area contributed by atoms with Gasteiger partial charge in [0.15, 0.2) is 0 Å². The Balaban J connectivity index is 2.05. The molecular formula is C15H29N3O. The van der Waals surface area contributed by atoms with Crippen molar-refractivity contribution in [2.45, 2.75) is 45.1 Å². The van der Waals surface area contributed by atoms with Gasteiger partial charge in [-0.15, -0.1) is 0 Å². The summed E-state index contributed by atoms with van der Waals surface area (Å²) < 4.78 is 0. The molecule has 3 atom stereocenters. The fraction of sp³-hybridized carbons (Fsp3) is 0.933. The van der Waals surface area contributed by atoms with E-state index < -0.39 is 0 Å². The van der Waals surface area contributed by atoms with Crippen LogP contribution in [0.3, 0.4) is 0 Å². The summed E-state index contributed by atoms with van der Waals surface area (Å²) >= 11 is 0. The van der Waals surface area contributed by atoms with E-state index in [1.165, 1.54) is 25.7 Å². The molecule has 2 aliphatic rings. The normalized spacial score (nSPS) is 34.4. The first kappa shape index (κ1) is 14.8. The molecule has 1 saturated carbocycles. The van der Waals surface area contributed by atoms with Gasteiger partial charge in [-0.3, -0.25) is 9.69 Å². The largest absolute Gasteiger partial charge is 0.345 e. The highest BCUT2D eigenvalue weighted by atomic mass is 16.2. The van der Waals surface area contributed by atoms with Gasteiger partial charge in [-0.1, -0.05) is 19.8 Å². The molecule has 2 fully saturated rings. The van der Waals surface area contributed by atoms with E-state index in [9.17, 15) is 4.79 Å². The number of nitrogens with two attached hydrogens (primary N) is 1. The Morgan fingerprint density at radius 3 is 2.79 bits per heavy atom. The molecule has 1 heterocycles. The standard InChI is InChI=1S/C15H29N3O/c1-3-12-5-6-13(10-16)14(9-12)18-8-4-7-17(2)15(19)11-18/h12-14H,3-11,16H2,1-2H3. The van der Waals surface area contributed by atoms with Crippen molar-refractivity contribution < 1.29 is 4.79 Å². The minimum absolute atomic E-state index is 0.270. The van der Waals surface area contributed by atoms with E-state index in [0.29, 0.717) is 18.5 Å². The molecule has 0 aromatic rings. The summed E-state index contributed by atoms with van der Waals surface area (Å²) in [5, 5.41) is 0. The first-order valence-corrected chi connectivity index (χ1v) is 7.83. The molecule has 0 radical (unpaired) electrons. The first-order valence-electron chi connectivity index (χ1n) is 7.83. The van der Waals surface area contributed by atoms with Gasteiger partial charge in [0.2, 0.25) is 5.91 Å². The molecule has 2 rings (SSSR count). The highest BCUT2D eigenvalue weighted by Crippen LogP contribution is 2.34. The van der Waals surface area contributed by atoms with Crippen LogP contribution in [0.25, 0.3) is 0 Å². The average Bonchev–Trinajstić information content (AvgIpc) is 2.60. The van der Waals surface area contributed by atoms with Gasteiger partial charge in [-0.05, 0) is 37.6 Å². The number of amides is 1. The number of likely N-dealkylation sites (N-methyl/N-ethyl adjacent to an activating group) is 1. The summed E-state index contributed by atoms with van der Waals surface area (Å²) in [6, 6.07) is 0.527. The second kappa shape index (κ2) is 6.71. The first-order chi connectivity index (χ1) is 9.15. The third-order valence-electron chi connectivity index (χ3n) is 5.12. The second-order valence-electron chi connectivity index (χ2n) is 6.29. The lowest BCUT2D eigenvalue weighted by Crippen LogP contribution is -2.49. The fourth-order valence-corrected chi connectivity index (χ4v) is 3.68. The van der Waals surface area contributed by atoms with Crippen LogP contribution in [0.15, 0.2) is 0 Å². The summed E-state index contributed by atoms with van der Waals surface area (Å²) in [6.07, 6.45) is 6.13. The van der Waals surface area contributed by atoms with Crippen molar-refractivity contribution in [2.24, 2.45) is 17.6 Å². The molecule has 0 bridgehead atoms. The molecule has 3 unspecified atom stereocenters. The van der Waals surface area contributed by atoms with Crippen molar-refractivity contribution >= 4 is 5.91 Å². The van der Waals surface area contributed by atoms with E-state index in [-0.39, 0.29) is 5.91 Å². The highest BCUT2D eigenvalue weighted by Gasteiger charge is 2.34. The van der Waals surface area contributed by atoms with Crippen molar-refractivity contribution in [3.8, 4) is 0 Å². The van der Waals surface area contributed by atoms with Crippen LogP contribution in [0.5, 0.6) is 0 Å². The van der Waals surface area contributed by atoms with Crippen LogP contribution in [-0.4, -0.2) is 55.0 Å². The molecule has 0 aromatic carbocycles. The Bertz CT molecular complexity index is 308. The van der Waals surface area contributed by atoms with Crippen molar-refractivity contribution in [1.29, 1.82) is 0 Å². The number of carbonyl (C=O) groups excluding carboxylic acids is 1. The van der Waals surface area contributed by atoms with Gasteiger partial charge < -0.3 is 10.6 Å². The van der Waals surface area contributed by atoms with Crippen LogP contribution < -0.4 is 5.73 Å². The molecule has 1 saturated heterocycles. The van der Waals surface area contributed by atoms with Gasteiger partial charge >= 0.3 is 0 Å². The summed E-state index contributed by atoms with van der Waals surface area (Å²) in [5.41, 5.74) is 5.97. The van der Waals surface area contributed by atoms with Crippen molar-refractivity contribution in [2.75, 3.05) is 33.2 Å². The zero-order chi connectivity index (χ0) is 13.8. The van der Waals surface area contributed by atoms with Crippen LogP contribution >= 0.6 is 0 Å². The van der Waals surface area contributed by atoms with Gasteiger partial charge in [-0.2, -0.15) is 0 Å². The van der Waals surface area contributed by atoms with E-state index >= 15 is 0 Å². The van der Waals surface area contributed by atoms with E-state index in [1.807, 2.05) is 11.9 Å². The second-order valence-corrected chi connectivity index (χ2v) is 6.29. The van der Waals surface area contributed by atoms with E-state index in [4.69, 9.17) is 5.73 Å². The zero-order valence-corrected chi connectivity index (χ0v) is 12.5. The maximum absolute atomic E-state index is 12.1. The molecule has 0 aromatic heterocycles. The maximum atomic E-state index is 12.1. The summed E-state index contributed by atoms with van der Waals surface area (Å²) in [4.78, 5) is 16.4. The SMILES string of the molecule is CCC1CCC(CN)C(N2CCCN(C)C(=O)C2)C1. The molecule has 2 N–H and O–H groups in total. The van der Waals surface area contributed by atoms with E-state index in [0.717, 1.165) is 32.0 Å². The van der Waals surface area contributed by atoms with Crippen LogP contribution in [0, 0.1) is 11.8 Å². The van der Waals surface area contributed by atoms with Gasteiger partial charge in [0, 0.05) is 26.2 Å². The molecule has 4 heteroatoms. The Hall–Kier alpha value is -0.610. The van der Waals surface area contributed by atoms with Crippen LogP contribution in [0.4, 0.5) is 0 Å². The molecule has 110 valence electrons. The molecule has 1 aliphatic carbocycles. The number of hydrogen-bond acceptors (Lipinski definition) is 3. The smallest absolute Gasteiger partial charge is 0.236 e. The van der Waals surface area contributed by atoms with Crippen molar-refractivity contribution in [3.05, 3.63) is 0 Å². The minimum atomic E-state index is 0.270. The predicted molar refractivity (Wildman–Crippen MR) is 77.8 cm³/mol. The number of nitrogens with zero attached hydrogens (tertiary/aromatic N) is 2.